The first-order valence-electron chi connectivity index (χ1n) is 5.35. The predicted molar refractivity (Wildman–Crippen MR) is 71.2 cm³/mol. The largest absolute Gasteiger partial charge is 0.467 e. The van der Waals surface area contributed by atoms with Crippen LogP contribution in [0.4, 0.5) is 11.5 Å². The third-order valence-electron chi connectivity index (χ3n) is 2.36. The number of halogens is 1. The first-order chi connectivity index (χ1) is 8.72. The molecule has 0 bridgehead atoms. The van der Waals surface area contributed by atoms with Gasteiger partial charge in [0.25, 0.3) is 0 Å². The van der Waals surface area contributed by atoms with Crippen LogP contribution in [0.5, 0.6) is 6.01 Å². The van der Waals surface area contributed by atoms with Gasteiger partial charge in [-0.3, -0.25) is 0 Å². The van der Waals surface area contributed by atoms with Crippen molar-refractivity contribution in [3.05, 3.63) is 41.0 Å². The van der Waals surface area contributed by atoms with Crippen molar-refractivity contribution >= 4 is 23.1 Å². The average Bonchev–Trinajstić information content (AvgIpc) is 2.42. The summed E-state index contributed by atoms with van der Waals surface area (Å²) in [6.07, 6.45) is 1.49. The van der Waals surface area contributed by atoms with Crippen molar-refractivity contribution in [2.45, 2.75) is 6.54 Å². The first kappa shape index (κ1) is 12.6. The molecule has 18 heavy (non-hydrogen) atoms. The summed E-state index contributed by atoms with van der Waals surface area (Å²) in [6, 6.07) is 7.96. The van der Waals surface area contributed by atoms with Crippen LogP contribution in [0, 0.1) is 0 Å². The van der Waals surface area contributed by atoms with Crippen molar-refractivity contribution in [3.8, 4) is 6.01 Å². The molecular formula is C12H13ClN4O. The quantitative estimate of drug-likeness (QED) is 0.887. The molecule has 6 heteroatoms. The normalized spacial score (nSPS) is 10.2. The van der Waals surface area contributed by atoms with E-state index in [4.69, 9.17) is 22.1 Å². The van der Waals surface area contributed by atoms with E-state index in [1.165, 1.54) is 13.3 Å². The average molecular weight is 265 g/mol. The van der Waals surface area contributed by atoms with Gasteiger partial charge >= 0.3 is 6.01 Å². The lowest BCUT2D eigenvalue weighted by atomic mass is 10.2. The maximum atomic E-state index is 6.00. The summed E-state index contributed by atoms with van der Waals surface area (Å²) in [6.45, 7) is 0.516. The molecule has 0 saturated heterocycles. The Hall–Kier alpha value is -1.85. The van der Waals surface area contributed by atoms with E-state index in [9.17, 15) is 0 Å². The molecule has 0 atom stereocenters. The molecule has 0 saturated carbocycles. The highest BCUT2D eigenvalue weighted by atomic mass is 35.5. The van der Waals surface area contributed by atoms with Gasteiger partial charge in [0.05, 0.1) is 13.3 Å². The Balaban J connectivity index is 2.21. The minimum Gasteiger partial charge on any atom is -0.467 e. The Bertz CT molecular complexity index is 530. The van der Waals surface area contributed by atoms with Crippen LogP contribution in [0.1, 0.15) is 5.56 Å². The molecule has 1 heterocycles. The first-order valence-corrected chi connectivity index (χ1v) is 5.73. The minimum absolute atomic E-state index is 0.264. The molecule has 2 rings (SSSR count). The fourth-order valence-corrected chi connectivity index (χ4v) is 1.54. The fourth-order valence-electron chi connectivity index (χ4n) is 1.40. The monoisotopic (exact) mass is 264 g/mol. The van der Waals surface area contributed by atoms with E-state index in [2.05, 4.69) is 15.3 Å². The summed E-state index contributed by atoms with van der Waals surface area (Å²) in [5.74, 6) is 0.504. The number of nitrogens with zero attached hydrogens (tertiary/aromatic N) is 2. The molecule has 0 amide bonds. The van der Waals surface area contributed by atoms with Crippen molar-refractivity contribution in [1.82, 2.24) is 9.97 Å². The van der Waals surface area contributed by atoms with E-state index in [0.717, 1.165) is 11.3 Å². The van der Waals surface area contributed by atoms with Crippen LogP contribution < -0.4 is 15.8 Å². The van der Waals surface area contributed by atoms with Gasteiger partial charge in [0, 0.05) is 12.2 Å². The van der Waals surface area contributed by atoms with Gasteiger partial charge in [-0.1, -0.05) is 23.7 Å². The predicted octanol–water partition coefficient (Wildman–Crippen LogP) is 2.34. The van der Waals surface area contributed by atoms with Gasteiger partial charge in [-0.2, -0.15) is 4.98 Å². The molecule has 5 nitrogen and oxygen atoms in total. The lowest BCUT2D eigenvalue weighted by molar-refractivity contribution is 0.380. The second-order valence-electron chi connectivity index (χ2n) is 3.58. The Morgan fingerprint density at radius 1 is 1.33 bits per heavy atom. The number of rotatable bonds is 4. The highest BCUT2D eigenvalue weighted by Crippen LogP contribution is 2.24. The number of nitrogens with one attached hydrogen (secondary N) is 1. The second-order valence-corrected chi connectivity index (χ2v) is 3.99. The van der Waals surface area contributed by atoms with E-state index in [0.29, 0.717) is 17.4 Å². The molecule has 0 fully saturated rings. The molecule has 1 aromatic carbocycles. The number of aromatic nitrogens is 2. The standard InChI is InChI=1S/C12H13ClN4O/c1-18-12-15-7-10(13)11(17-12)16-9-4-2-8(6-14)3-5-9/h2-5,7H,6,14H2,1H3,(H,15,16,17). The molecule has 0 spiro atoms. The number of ether oxygens (including phenoxy) is 1. The Morgan fingerprint density at radius 3 is 2.67 bits per heavy atom. The van der Waals surface area contributed by atoms with Crippen molar-refractivity contribution in [1.29, 1.82) is 0 Å². The number of anilines is 2. The SMILES string of the molecule is COc1ncc(Cl)c(Nc2ccc(CN)cc2)n1. The van der Waals surface area contributed by atoms with E-state index in [1.807, 2.05) is 24.3 Å². The van der Waals surface area contributed by atoms with Crippen LogP contribution in [0.2, 0.25) is 5.02 Å². The maximum Gasteiger partial charge on any atom is 0.318 e. The molecule has 0 unspecified atom stereocenters. The van der Waals surface area contributed by atoms with Crippen molar-refractivity contribution in [2.24, 2.45) is 5.73 Å². The minimum atomic E-state index is 0.264. The van der Waals surface area contributed by atoms with Crippen LogP contribution >= 0.6 is 11.6 Å². The van der Waals surface area contributed by atoms with Crippen LogP contribution in [0.25, 0.3) is 0 Å². The molecule has 3 N–H and O–H groups in total. The molecule has 94 valence electrons. The van der Waals surface area contributed by atoms with Gasteiger partial charge in [0.1, 0.15) is 5.02 Å². The van der Waals surface area contributed by atoms with Crippen LogP contribution in [-0.4, -0.2) is 17.1 Å². The summed E-state index contributed by atoms with van der Waals surface area (Å²) in [7, 11) is 1.50. The topological polar surface area (TPSA) is 73.1 Å². The van der Waals surface area contributed by atoms with Crippen LogP contribution in [-0.2, 0) is 6.54 Å². The number of hydrogen-bond acceptors (Lipinski definition) is 5. The highest BCUT2D eigenvalue weighted by molar-refractivity contribution is 6.32. The molecular weight excluding hydrogens is 252 g/mol. The van der Waals surface area contributed by atoms with Crippen molar-refractivity contribution < 1.29 is 4.74 Å². The second kappa shape index (κ2) is 5.66. The van der Waals surface area contributed by atoms with Gasteiger partial charge in [-0.05, 0) is 17.7 Å². The van der Waals surface area contributed by atoms with E-state index < -0.39 is 0 Å². The van der Waals surface area contributed by atoms with E-state index >= 15 is 0 Å². The zero-order valence-corrected chi connectivity index (χ0v) is 10.6. The van der Waals surface area contributed by atoms with Crippen LogP contribution in [0.3, 0.4) is 0 Å². The summed E-state index contributed by atoms with van der Waals surface area (Å²) < 4.78 is 4.95. The number of benzene rings is 1. The number of nitrogens with two attached hydrogens (primary N) is 1. The number of hydrogen-bond donors (Lipinski definition) is 2. The van der Waals surface area contributed by atoms with Gasteiger partial charge in [0.2, 0.25) is 0 Å². The zero-order valence-electron chi connectivity index (χ0n) is 9.85. The van der Waals surface area contributed by atoms with E-state index in [-0.39, 0.29) is 6.01 Å². The lowest BCUT2D eigenvalue weighted by Crippen LogP contribution is -2.00. The van der Waals surface area contributed by atoms with Gasteiger partial charge in [0.15, 0.2) is 5.82 Å². The summed E-state index contributed by atoms with van der Waals surface area (Å²) in [5.41, 5.74) is 7.47. The molecule has 1 aromatic heterocycles. The van der Waals surface area contributed by atoms with E-state index in [1.54, 1.807) is 0 Å². The maximum absolute atomic E-state index is 6.00. The Morgan fingerprint density at radius 2 is 2.06 bits per heavy atom. The molecule has 0 radical (unpaired) electrons. The van der Waals surface area contributed by atoms with Gasteiger partial charge < -0.3 is 15.8 Å². The van der Waals surface area contributed by atoms with Crippen molar-refractivity contribution in [2.75, 3.05) is 12.4 Å². The molecule has 0 aliphatic rings. The van der Waals surface area contributed by atoms with Gasteiger partial charge in [-0.25, -0.2) is 4.98 Å². The molecule has 0 aliphatic heterocycles. The summed E-state index contributed by atoms with van der Waals surface area (Å²) >= 11 is 6.00. The van der Waals surface area contributed by atoms with Crippen molar-refractivity contribution in [3.63, 3.8) is 0 Å². The molecule has 2 aromatic rings. The lowest BCUT2D eigenvalue weighted by Gasteiger charge is -2.08. The summed E-state index contributed by atoms with van der Waals surface area (Å²) in [4.78, 5) is 8.03. The summed E-state index contributed by atoms with van der Waals surface area (Å²) in [5, 5.41) is 3.52. The highest BCUT2D eigenvalue weighted by Gasteiger charge is 2.05. The zero-order chi connectivity index (χ0) is 13.0. The van der Waals surface area contributed by atoms with Crippen LogP contribution in [0.15, 0.2) is 30.5 Å². The third kappa shape index (κ3) is 2.88. The third-order valence-corrected chi connectivity index (χ3v) is 2.63. The molecule has 0 aliphatic carbocycles. The fraction of sp³-hybridized carbons (Fsp3) is 0.167. The Kier molecular flexibility index (Phi) is 3.96. The Labute approximate surface area is 110 Å². The number of methoxy groups -OCH3 is 1. The van der Waals surface area contributed by atoms with Gasteiger partial charge in [-0.15, -0.1) is 0 Å². The smallest absolute Gasteiger partial charge is 0.318 e.